The van der Waals surface area contributed by atoms with Gasteiger partial charge in [0.25, 0.3) is 0 Å². The van der Waals surface area contributed by atoms with Gasteiger partial charge in [0.05, 0.1) is 0 Å². The van der Waals surface area contributed by atoms with E-state index in [1.807, 2.05) is 24.3 Å². The lowest BCUT2D eigenvalue weighted by atomic mass is 9.97. The van der Waals surface area contributed by atoms with Gasteiger partial charge in [-0.05, 0) is 30.4 Å². The van der Waals surface area contributed by atoms with Crippen molar-refractivity contribution in [1.29, 1.82) is 0 Å². The SMILES string of the molecule is C=C(CC=C(CCCCCCCC)c1ccccc1)C(=O)O. The normalized spacial score (nSPS) is 11.4. The molecule has 1 aromatic rings. The molecule has 120 valence electrons. The van der Waals surface area contributed by atoms with E-state index < -0.39 is 5.97 Å². The van der Waals surface area contributed by atoms with Crippen molar-refractivity contribution in [2.75, 3.05) is 0 Å². The van der Waals surface area contributed by atoms with Crippen LogP contribution < -0.4 is 0 Å². The summed E-state index contributed by atoms with van der Waals surface area (Å²) in [5, 5.41) is 8.93. The van der Waals surface area contributed by atoms with Gasteiger partial charge >= 0.3 is 5.97 Å². The average Bonchev–Trinajstić information content (AvgIpc) is 2.53. The predicted octanol–water partition coefficient (Wildman–Crippen LogP) is 5.85. The summed E-state index contributed by atoms with van der Waals surface area (Å²) in [6, 6.07) is 10.2. The van der Waals surface area contributed by atoms with E-state index in [-0.39, 0.29) is 5.57 Å². The number of aliphatic carboxylic acids is 1. The van der Waals surface area contributed by atoms with Crippen molar-refractivity contribution in [3.8, 4) is 0 Å². The molecule has 0 aliphatic rings. The third-order valence-corrected chi connectivity index (χ3v) is 3.84. The Morgan fingerprint density at radius 1 is 1.09 bits per heavy atom. The molecule has 0 aliphatic heterocycles. The van der Waals surface area contributed by atoms with Gasteiger partial charge in [-0.25, -0.2) is 4.79 Å². The highest BCUT2D eigenvalue weighted by atomic mass is 16.4. The molecule has 22 heavy (non-hydrogen) atoms. The zero-order valence-corrected chi connectivity index (χ0v) is 13.7. The maximum atomic E-state index is 10.9. The molecule has 2 nitrogen and oxygen atoms in total. The Bertz CT molecular complexity index is 486. The molecule has 1 N–H and O–H groups in total. The molecule has 0 amide bonds. The van der Waals surface area contributed by atoms with Crippen LogP contribution in [-0.2, 0) is 4.79 Å². The Labute approximate surface area is 134 Å². The van der Waals surface area contributed by atoms with Gasteiger partial charge in [-0.2, -0.15) is 0 Å². The van der Waals surface area contributed by atoms with Crippen molar-refractivity contribution in [1.82, 2.24) is 0 Å². The predicted molar refractivity (Wildman–Crippen MR) is 93.8 cm³/mol. The van der Waals surface area contributed by atoms with Crippen LogP contribution in [0.25, 0.3) is 5.57 Å². The highest BCUT2D eigenvalue weighted by molar-refractivity contribution is 5.86. The lowest BCUT2D eigenvalue weighted by Crippen LogP contribution is -1.97. The number of rotatable bonds is 11. The Kier molecular flexibility index (Phi) is 8.97. The van der Waals surface area contributed by atoms with Gasteiger partial charge in [0.15, 0.2) is 0 Å². The maximum absolute atomic E-state index is 10.9. The second-order valence-corrected chi connectivity index (χ2v) is 5.73. The van der Waals surface area contributed by atoms with Gasteiger partial charge in [-0.3, -0.25) is 0 Å². The smallest absolute Gasteiger partial charge is 0.331 e. The van der Waals surface area contributed by atoms with Crippen molar-refractivity contribution in [2.24, 2.45) is 0 Å². The van der Waals surface area contributed by atoms with Crippen LogP contribution in [0.5, 0.6) is 0 Å². The van der Waals surface area contributed by atoms with E-state index in [0.29, 0.717) is 6.42 Å². The second-order valence-electron chi connectivity index (χ2n) is 5.73. The van der Waals surface area contributed by atoms with Crippen LogP contribution >= 0.6 is 0 Å². The summed E-state index contributed by atoms with van der Waals surface area (Å²) in [7, 11) is 0. The molecule has 0 spiro atoms. The molecule has 0 atom stereocenters. The van der Waals surface area contributed by atoms with Crippen molar-refractivity contribution < 1.29 is 9.90 Å². The number of hydrogen-bond donors (Lipinski definition) is 1. The quantitative estimate of drug-likeness (QED) is 0.411. The Morgan fingerprint density at radius 2 is 1.73 bits per heavy atom. The highest BCUT2D eigenvalue weighted by Crippen LogP contribution is 2.23. The topological polar surface area (TPSA) is 37.3 Å². The summed E-state index contributed by atoms with van der Waals surface area (Å²) in [5.74, 6) is -0.914. The van der Waals surface area contributed by atoms with E-state index >= 15 is 0 Å². The molecular weight excluding hydrogens is 272 g/mol. The van der Waals surface area contributed by atoms with E-state index in [9.17, 15) is 4.79 Å². The Morgan fingerprint density at radius 3 is 2.36 bits per heavy atom. The van der Waals surface area contributed by atoms with E-state index in [1.165, 1.54) is 43.2 Å². The van der Waals surface area contributed by atoms with Crippen molar-refractivity contribution in [3.05, 3.63) is 54.1 Å². The minimum Gasteiger partial charge on any atom is -0.478 e. The molecule has 0 bridgehead atoms. The first-order chi connectivity index (χ1) is 10.6. The average molecular weight is 300 g/mol. The van der Waals surface area contributed by atoms with Crippen LogP contribution in [0.2, 0.25) is 0 Å². The molecule has 0 heterocycles. The van der Waals surface area contributed by atoms with E-state index in [2.05, 4.69) is 25.6 Å². The Hall–Kier alpha value is -1.83. The van der Waals surface area contributed by atoms with Crippen molar-refractivity contribution >= 4 is 11.5 Å². The number of unbranched alkanes of at least 4 members (excludes halogenated alkanes) is 5. The first-order valence-corrected chi connectivity index (χ1v) is 8.30. The van der Waals surface area contributed by atoms with Crippen molar-refractivity contribution in [3.63, 3.8) is 0 Å². The highest BCUT2D eigenvalue weighted by Gasteiger charge is 2.05. The maximum Gasteiger partial charge on any atom is 0.331 e. The molecule has 1 aromatic carbocycles. The number of carboxylic acid groups (broad SMARTS) is 1. The molecular formula is C20H28O2. The van der Waals surface area contributed by atoms with Gasteiger partial charge in [-0.15, -0.1) is 0 Å². The summed E-state index contributed by atoms with van der Waals surface area (Å²) in [6.07, 6.45) is 11.0. The summed E-state index contributed by atoms with van der Waals surface area (Å²) in [6.45, 7) is 5.83. The minimum atomic E-state index is -0.914. The molecule has 0 saturated carbocycles. The fraction of sp³-hybridized carbons (Fsp3) is 0.450. The molecule has 1 rings (SSSR count). The molecule has 0 radical (unpaired) electrons. The molecule has 0 aliphatic carbocycles. The van der Waals surface area contributed by atoms with Gasteiger partial charge in [0.2, 0.25) is 0 Å². The molecule has 2 heteroatoms. The van der Waals surface area contributed by atoms with Gasteiger partial charge in [0.1, 0.15) is 0 Å². The Balaban J connectivity index is 2.57. The van der Waals surface area contributed by atoms with E-state index in [4.69, 9.17) is 5.11 Å². The third kappa shape index (κ3) is 7.26. The number of benzene rings is 1. The number of hydrogen-bond acceptors (Lipinski definition) is 1. The van der Waals surface area contributed by atoms with Crippen LogP contribution in [-0.4, -0.2) is 11.1 Å². The zero-order valence-electron chi connectivity index (χ0n) is 13.7. The minimum absolute atomic E-state index is 0.247. The molecule has 0 aromatic heterocycles. The summed E-state index contributed by atoms with van der Waals surface area (Å²) < 4.78 is 0. The van der Waals surface area contributed by atoms with Crippen LogP contribution in [0.1, 0.15) is 63.9 Å². The van der Waals surface area contributed by atoms with Crippen LogP contribution in [0, 0.1) is 0 Å². The van der Waals surface area contributed by atoms with Gasteiger partial charge in [0, 0.05) is 5.57 Å². The number of allylic oxidation sites excluding steroid dienone is 2. The van der Waals surface area contributed by atoms with E-state index in [0.717, 1.165) is 12.8 Å². The first-order valence-electron chi connectivity index (χ1n) is 8.30. The fourth-order valence-corrected chi connectivity index (χ4v) is 2.45. The molecule has 0 unspecified atom stereocenters. The fourth-order valence-electron chi connectivity index (χ4n) is 2.45. The van der Waals surface area contributed by atoms with Crippen LogP contribution in [0.3, 0.4) is 0 Å². The zero-order chi connectivity index (χ0) is 16.2. The van der Waals surface area contributed by atoms with Gasteiger partial charge in [-0.1, -0.05) is 82.0 Å². The summed E-state index contributed by atoms with van der Waals surface area (Å²) in [5.41, 5.74) is 2.67. The molecule has 0 fully saturated rings. The van der Waals surface area contributed by atoms with E-state index in [1.54, 1.807) is 0 Å². The first kappa shape index (κ1) is 18.2. The summed E-state index contributed by atoms with van der Waals surface area (Å²) in [4.78, 5) is 10.9. The lowest BCUT2D eigenvalue weighted by molar-refractivity contribution is -0.132. The number of carboxylic acids is 1. The van der Waals surface area contributed by atoms with Crippen LogP contribution in [0.15, 0.2) is 48.6 Å². The second kappa shape index (κ2) is 10.8. The lowest BCUT2D eigenvalue weighted by Gasteiger charge is -2.09. The molecule has 0 saturated heterocycles. The van der Waals surface area contributed by atoms with Crippen LogP contribution in [0.4, 0.5) is 0 Å². The van der Waals surface area contributed by atoms with Crippen molar-refractivity contribution in [2.45, 2.75) is 58.3 Å². The largest absolute Gasteiger partial charge is 0.478 e. The summed E-state index contributed by atoms with van der Waals surface area (Å²) >= 11 is 0. The monoisotopic (exact) mass is 300 g/mol. The third-order valence-electron chi connectivity index (χ3n) is 3.84. The van der Waals surface area contributed by atoms with Gasteiger partial charge < -0.3 is 5.11 Å². The standard InChI is InChI=1S/C20H28O2/c1-3-4-5-6-7-9-14-19(16-15-17(2)20(21)22)18-12-10-8-11-13-18/h8,10-13,16H,2-7,9,14-15H2,1H3,(H,21,22). The number of carbonyl (C=O) groups is 1.